The van der Waals surface area contributed by atoms with Crippen molar-refractivity contribution in [3.63, 3.8) is 0 Å². The summed E-state index contributed by atoms with van der Waals surface area (Å²) in [5.74, 6) is 0.576. The number of hydrogen-bond donors (Lipinski definition) is 1. The summed E-state index contributed by atoms with van der Waals surface area (Å²) in [7, 11) is 1.62. The van der Waals surface area contributed by atoms with E-state index in [4.69, 9.17) is 9.47 Å². The molecule has 6 nitrogen and oxygen atoms in total. The molecule has 23 heavy (non-hydrogen) atoms. The zero-order valence-corrected chi connectivity index (χ0v) is 13.4. The van der Waals surface area contributed by atoms with E-state index in [0.29, 0.717) is 12.2 Å². The van der Waals surface area contributed by atoms with Crippen LogP contribution in [0.15, 0.2) is 30.3 Å². The Kier molecular flexibility index (Phi) is 4.62. The van der Waals surface area contributed by atoms with Crippen LogP contribution in [0.25, 0.3) is 5.69 Å². The summed E-state index contributed by atoms with van der Waals surface area (Å²) < 4.78 is 12.5. The minimum Gasteiger partial charge on any atom is -0.497 e. The molecule has 1 saturated heterocycles. The third-order valence-corrected chi connectivity index (χ3v) is 3.93. The Morgan fingerprint density at radius 3 is 3.09 bits per heavy atom. The van der Waals surface area contributed by atoms with E-state index in [1.54, 1.807) is 17.9 Å². The maximum Gasteiger partial charge on any atom is 0.271 e. The number of nitrogens with one attached hydrogen (secondary N) is 1. The van der Waals surface area contributed by atoms with Crippen LogP contribution in [-0.2, 0) is 4.74 Å². The van der Waals surface area contributed by atoms with Crippen LogP contribution in [-0.4, -0.2) is 42.1 Å². The minimum atomic E-state index is -0.176. The van der Waals surface area contributed by atoms with Gasteiger partial charge in [0.05, 0.1) is 18.9 Å². The van der Waals surface area contributed by atoms with Gasteiger partial charge in [0.1, 0.15) is 5.75 Å². The summed E-state index contributed by atoms with van der Waals surface area (Å²) in [6.45, 7) is 3.23. The highest BCUT2D eigenvalue weighted by Gasteiger charge is 2.18. The highest BCUT2D eigenvalue weighted by molar-refractivity contribution is 5.92. The standard InChI is InChI=1S/C17H21N3O3/c1-12-9-16(17(21)18-11-15-7-4-8-23-15)19-20(12)13-5-3-6-14(10-13)22-2/h3,5-6,9-10,15H,4,7-8,11H2,1-2H3,(H,18,21). The summed E-state index contributed by atoms with van der Waals surface area (Å²) in [4.78, 5) is 12.3. The number of aromatic nitrogens is 2. The number of rotatable bonds is 5. The third-order valence-electron chi connectivity index (χ3n) is 3.93. The number of benzene rings is 1. The molecule has 1 fully saturated rings. The van der Waals surface area contributed by atoms with Gasteiger partial charge in [0, 0.05) is 24.9 Å². The van der Waals surface area contributed by atoms with Gasteiger partial charge in [-0.25, -0.2) is 4.68 Å². The Labute approximate surface area is 135 Å². The molecule has 1 aromatic heterocycles. The fraction of sp³-hybridized carbons (Fsp3) is 0.412. The van der Waals surface area contributed by atoms with E-state index in [-0.39, 0.29) is 12.0 Å². The van der Waals surface area contributed by atoms with Gasteiger partial charge in [-0.05, 0) is 38.0 Å². The molecule has 1 amide bonds. The van der Waals surface area contributed by atoms with Crippen molar-refractivity contribution in [1.82, 2.24) is 15.1 Å². The summed E-state index contributed by atoms with van der Waals surface area (Å²) in [6, 6.07) is 9.36. The quantitative estimate of drug-likeness (QED) is 0.917. The van der Waals surface area contributed by atoms with Crippen molar-refractivity contribution in [2.24, 2.45) is 0 Å². The second-order valence-electron chi connectivity index (χ2n) is 5.63. The number of methoxy groups -OCH3 is 1. The van der Waals surface area contributed by atoms with E-state index in [1.807, 2.05) is 31.2 Å². The van der Waals surface area contributed by atoms with Gasteiger partial charge < -0.3 is 14.8 Å². The van der Waals surface area contributed by atoms with Crippen molar-refractivity contribution in [3.8, 4) is 11.4 Å². The molecule has 1 aliphatic rings. The van der Waals surface area contributed by atoms with E-state index in [1.165, 1.54) is 0 Å². The number of nitrogens with zero attached hydrogens (tertiary/aromatic N) is 2. The van der Waals surface area contributed by atoms with E-state index < -0.39 is 0 Å². The molecule has 0 aliphatic carbocycles. The van der Waals surface area contributed by atoms with Gasteiger partial charge in [0.25, 0.3) is 5.91 Å². The summed E-state index contributed by atoms with van der Waals surface area (Å²) in [5.41, 5.74) is 2.16. The average molecular weight is 315 g/mol. The van der Waals surface area contributed by atoms with Crippen molar-refractivity contribution in [2.45, 2.75) is 25.9 Å². The normalized spacial score (nSPS) is 17.2. The first-order chi connectivity index (χ1) is 11.2. The van der Waals surface area contributed by atoms with Gasteiger partial charge in [-0.2, -0.15) is 5.10 Å². The molecule has 6 heteroatoms. The summed E-state index contributed by atoms with van der Waals surface area (Å²) in [6.07, 6.45) is 2.18. The van der Waals surface area contributed by atoms with Gasteiger partial charge >= 0.3 is 0 Å². The zero-order chi connectivity index (χ0) is 16.2. The Balaban J connectivity index is 1.73. The molecule has 0 spiro atoms. The fourth-order valence-corrected chi connectivity index (χ4v) is 2.69. The lowest BCUT2D eigenvalue weighted by molar-refractivity contribution is 0.0853. The highest BCUT2D eigenvalue weighted by Crippen LogP contribution is 2.18. The van der Waals surface area contributed by atoms with E-state index >= 15 is 0 Å². The Morgan fingerprint density at radius 1 is 1.48 bits per heavy atom. The van der Waals surface area contributed by atoms with E-state index in [9.17, 15) is 4.79 Å². The van der Waals surface area contributed by atoms with E-state index in [0.717, 1.165) is 36.6 Å². The van der Waals surface area contributed by atoms with E-state index in [2.05, 4.69) is 10.4 Å². The molecule has 2 aromatic rings. The van der Waals surface area contributed by atoms with Gasteiger partial charge in [0.2, 0.25) is 0 Å². The predicted octanol–water partition coefficient (Wildman–Crippen LogP) is 2.10. The van der Waals surface area contributed by atoms with Crippen LogP contribution in [0.4, 0.5) is 0 Å². The van der Waals surface area contributed by atoms with Crippen LogP contribution < -0.4 is 10.1 Å². The molecule has 1 aliphatic heterocycles. The van der Waals surface area contributed by atoms with Crippen LogP contribution in [0.2, 0.25) is 0 Å². The first-order valence-corrected chi connectivity index (χ1v) is 7.78. The number of hydrogen-bond acceptors (Lipinski definition) is 4. The van der Waals surface area contributed by atoms with Gasteiger partial charge in [-0.15, -0.1) is 0 Å². The smallest absolute Gasteiger partial charge is 0.271 e. The molecule has 2 heterocycles. The lowest BCUT2D eigenvalue weighted by atomic mass is 10.2. The topological polar surface area (TPSA) is 65.4 Å². The zero-order valence-electron chi connectivity index (χ0n) is 13.4. The first-order valence-electron chi connectivity index (χ1n) is 7.78. The summed E-state index contributed by atoms with van der Waals surface area (Å²) in [5, 5.41) is 7.30. The molecule has 0 bridgehead atoms. The Morgan fingerprint density at radius 2 is 2.35 bits per heavy atom. The number of aryl methyl sites for hydroxylation is 1. The SMILES string of the molecule is COc1cccc(-n2nc(C(=O)NCC3CCCO3)cc2C)c1. The second-order valence-corrected chi connectivity index (χ2v) is 5.63. The highest BCUT2D eigenvalue weighted by atomic mass is 16.5. The number of carbonyl (C=O) groups excluding carboxylic acids is 1. The number of ether oxygens (including phenoxy) is 2. The molecule has 3 rings (SSSR count). The second kappa shape index (κ2) is 6.83. The molecule has 1 N–H and O–H groups in total. The van der Waals surface area contributed by atoms with Gasteiger partial charge in [-0.1, -0.05) is 6.07 Å². The predicted molar refractivity (Wildman–Crippen MR) is 86.2 cm³/mol. The van der Waals surface area contributed by atoms with Crippen LogP contribution in [0, 0.1) is 6.92 Å². The Bertz CT molecular complexity index is 690. The molecule has 1 aromatic carbocycles. The monoisotopic (exact) mass is 315 g/mol. The largest absolute Gasteiger partial charge is 0.497 e. The molecular weight excluding hydrogens is 294 g/mol. The average Bonchev–Trinajstić information content (AvgIpc) is 3.22. The fourth-order valence-electron chi connectivity index (χ4n) is 2.69. The Hall–Kier alpha value is -2.34. The molecule has 0 saturated carbocycles. The van der Waals surface area contributed by atoms with Crippen molar-refractivity contribution >= 4 is 5.91 Å². The van der Waals surface area contributed by atoms with Crippen molar-refractivity contribution < 1.29 is 14.3 Å². The van der Waals surface area contributed by atoms with Crippen LogP contribution in [0.1, 0.15) is 29.0 Å². The molecular formula is C17H21N3O3. The lowest BCUT2D eigenvalue weighted by Crippen LogP contribution is -2.32. The molecule has 0 radical (unpaired) electrons. The molecule has 122 valence electrons. The molecule has 1 atom stereocenters. The van der Waals surface area contributed by atoms with Gasteiger partial charge in [0.15, 0.2) is 5.69 Å². The van der Waals surface area contributed by atoms with Crippen LogP contribution in [0.5, 0.6) is 5.75 Å². The summed E-state index contributed by atoms with van der Waals surface area (Å²) >= 11 is 0. The van der Waals surface area contributed by atoms with Crippen molar-refractivity contribution in [1.29, 1.82) is 0 Å². The maximum absolute atomic E-state index is 12.3. The van der Waals surface area contributed by atoms with Crippen molar-refractivity contribution in [2.75, 3.05) is 20.3 Å². The van der Waals surface area contributed by atoms with Crippen molar-refractivity contribution in [3.05, 3.63) is 41.7 Å². The lowest BCUT2D eigenvalue weighted by Gasteiger charge is -2.09. The molecule has 1 unspecified atom stereocenters. The van der Waals surface area contributed by atoms with Crippen LogP contribution in [0.3, 0.4) is 0 Å². The number of carbonyl (C=O) groups is 1. The minimum absolute atomic E-state index is 0.125. The van der Waals surface area contributed by atoms with Gasteiger partial charge in [-0.3, -0.25) is 4.79 Å². The number of amides is 1. The first kappa shape index (κ1) is 15.6. The van der Waals surface area contributed by atoms with Crippen LogP contribution >= 0.6 is 0 Å². The third kappa shape index (κ3) is 3.53. The maximum atomic E-state index is 12.3.